The van der Waals surface area contributed by atoms with Crippen LogP contribution in [0.4, 0.5) is 5.82 Å². The molecule has 0 fully saturated rings. The highest BCUT2D eigenvalue weighted by Gasteiger charge is 2.12. The number of anilines is 1. The molecule has 2 aromatic rings. The van der Waals surface area contributed by atoms with Gasteiger partial charge in [0.15, 0.2) is 0 Å². The van der Waals surface area contributed by atoms with Crippen molar-refractivity contribution in [2.75, 3.05) is 19.0 Å². The van der Waals surface area contributed by atoms with Gasteiger partial charge < -0.3 is 14.6 Å². The van der Waals surface area contributed by atoms with Crippen LogP contribution in [0.3, 0.4) is 0 Å². The summed E-state index contributed by atoms with van der Waals surface area (Å²) in [6, 6.07) is 5.48. The van der Waals surface area contributed by atoms with Gasteiger partial charge in [-0.05, 0) is 19.1 Å². The first-order chi connectivity index (χ1) is 9.09. The van der Waals surface area contributed by atoms with E-state index in [-0.39, 0.29) is 5.91 Å². The minimum Gasteiger partial charge on any atom is -0.469 e. The first kappa shape index (κ1) is 13.1. The number of nitrogens with zero attached hydrogens (tertiary/aromatic N) is 2. The number of furan rings is 1. The number of rotatable bonds is 4. The van der Waals surface area contributed by atoms with Crippen molar-refractivity contribution in [3.63, 3.8) is 0 Å². The summed E-state index contributed by atoms with van der Waals surface area (Å²) in [6.45, 7) is 2.20. The van der Waals surface area contributed by atoms with Crippen LogP contribution in [0.25, 0.3) is 0 Å². The van der Waals surface area contributed by atoms with E-state index in [1.807, 2.05) is 31.1 Å². The highest BCUT2D eigenvalue weighted by Crippen LogP contribution is 2.14. The van der Waals surface area contributed by atoms with E-state index < -0.39 is 0 Å². The molecule has 0 atom stereocenters. The molecule has 0 saturated carbocycles. The van der Waals surface area contributed by atoms with Crippen LogP contribution in [0.1, 0.15) is 21.7 Å². The quantitative estimate of drug-likeness (QED) is 0.912. The minimum atomic E-state index is -0.139. The standard InChI is InChI=1S/C14H17N3O2/c1-10-12(6-8-19-10)14(18)16-9-11-5-4-7-15-13(11)17(2)3/h4-8H,9H2,1-3H3,(H,16,18). The maximum Gasteiger partial charge on any atom is 0.255 e. The van der Waals surface area contributed by atoms with Crippen LogP contribution < -0.4 is 10.2 Å². The second-order valence-corrected chi connectivity index (χ2v) is 4.45. The molecule has 0 bridgehead atoms. The van der Waals surface area contributed by atoms with Gasteiger partial charge in [0.2, 0.25) is 0 Å². The molecule has 0 saturated heterocycles. The van der Waals surface area contributed by atoms with E-state index in [9.17, 15) is 4.79 Å². The van der Waals surface area contributed by atoms with E-state index in [1.165, 1.54) is 6.26 Å². The fraction of sp³-hybridized carbons (Fsp3) is 0.286. The number of nitrogens with one attached hydrogen (secondary N) is 1. The molecule has 2 heterocycles. The predicted molar refractivity (Wildman–Crippen MR) is 73.2 cm³/mol. The van der Waals surface area contributed by atoms with E-state index >= 15 is 0 Å². The number of aryl methyl sites for hydroxylation is 1. The number of aromatic nitrogens is 1. The summed E-state index contributed by atoms with van der Waals surface area (Å²) in [5.41, 5.74) is 1.54. The average Bonchev–Trinajstić information content (AvgIpc) is 2.82. The van der Waals surface area contributed by atoms with Crippen molar-refractivity contribution in [2.45, 2.75) is 13.5 Å². The Hall–Kier alpha value is -2.30. The molecule has 0 aliphatic rings. The molecule has 0 radical (unpaired) electrons. The third-order valence-corrected chi connectivity index (χ3v) is 2.83. The molecule has 5 nitrogen and oxygen atoms in total. The van der Waals surface area contributed by atoms with Gasteiger partial charge in [0, 0.05) is 32.4 Å². The van der Waals surface area contributed by atoms with Crippen molar-refractivity contribution >= 4 is 11.7 Å². The summed E-state index contributed by atoms with van der Waals surface area (Å²) in [4.78, 5) is 18.2. The van der Waals surface area contributed by atoms with Crippen LogP contribution in [-0.4, -0.2) is 25.0 Å². The molecule has 1 amide bonds. The first-order valence-electron chi connectivity index (χ1n) is 6.03. The summed E-state index contributed by atoms with van der Waals surface area (Å²) in [6.07, 6.45) is 3.25. The van der Waals surface area contributed by atoms with E-state index in [0.717, 1.165) is 11.4 Å². The molecule has 5 heteroatoms. The van der Waals surface area contributed by atoms with Gasteiger partial charge >= 0.3 is 0 Å². The fourth-order valence-corrected chi connectivity index (χ4v) is 1.86. The maximum absolute atomic E-state index is 12.0. The van der Waals surface area contributed by atoms with E-state index in [0.29, 0.717) is 17.9 Å². The SMILES string of the molecule is Cc1occc1C(=O)NCc1cccnc1N(C)C. The van der Waals surface area contributed by atoms with Crippen molar-refractivity contribution in [1.29, 1.82) is 0 Å². The zero-order chi connectivity index (χ0) is 13.8. The Morgan fingerprint density at radius 1 is 1.42 bits per heavy atom. The average molecular weight is 259 g/mol. The van der Waals surface area contributed by atoms with Crippen molar-refractivity contribution in [3.05, 3.63) is 47.5 Å². The lowest BCUT2D eigenvalue weighted by Gasteiger charge is -2.16. The summed E-state index contributed by atoms with van der Waals surface area (Å²) in [5, 5.41) is 2.87. The van der Waals surface area contributed by atoms with Gasteiger partial charge in [-0.25, -0.2) is 4.98 Å². The lowest BCUT2D eigenvalue weighted by molar-refractivity contribution is 0.0949. The molecule has 100 valence electrons. The van der Waals surface area contributed by atoms with Gasteiger partial charge in [-0.3, -0.25) is 4.79 Å². The Labute approximate surface area is 112 Å². The molecule has 0 unspecified atom stereocenters. The Bertz CT molecular complexity index is 576. The molecule has 19 heavy (non-hydrogen) atoms. The van der Waals surface area contributed by atoms with Crippen LogP contribution in [0.15, 0.2) is 35.1 Å². The van der Waals surface area contributed by atoms with Crippen LogP contribution in [-0.2, 0) is 6.54 Å². The monoisotopic (exact) mass is 259 g/mol. The van der Waals surface area contributed by atoms with E-state index in [2.05, 4.69) is 10.3 Å². The van der Waals surface area contributed by atoms with Gasteiger partial charge in [0.25, 0.3) is 5.91 Å². The Morgan fingerprint density at radius 3 is 2.84 bits per heavy atom. The molecule has 0 aliphatic carbocycles. The largest absolute Gasteiger partial charge is 0.469 e. The highest BCUT2D eigenvalue weighted by molar-refractivity contribution is 5.95. The smallest absolute Gasteiger partial charge is 0.255 e. The van der Waals surface area contributed by atoms with Gasteiger partial charge in [-0.2, -0.15) is 0 Å². The number of amides is 1. The molecule has 1 N–H and O–H groups in total. The molecule has 2 aromatic heterocycles. The highest BCUT2D eigenvalue weighted by atomic mass is 16.3. The van der Waals surface area contributed by atoms with E-state index in [4.69, 9.17) is 4.42 Å². The number of carbonyl (C=O) groups is 1. The van der Waals surface area contributed by atoms with E-state index in [1.54, 1.807) is 19.2 Å². The first-order valence-corrected chi connectivity index (χ1v) is 6.03. The zero-order valence-electron chi connectivity index (χ0n) is 11.3. The van der Waals surface area contributed by atoms with Crippen molar-refractivity contribution in [3.8, 4) is 0 Å². The van der Waals surface area contributed by atoms with Gasteiger partial charge in [-0.1, -0.05) is 6.07 Å². The van der Waals surface area contributed by atoms with Gasteiger partial charge in [0.1, 0.15) is 11.6 Å². The predicted octanol–water partition coefficient (Wildman–Crippen LogP) is 1.98. The molecular weight excluding hydrogens is 242 g/mol. The zero-order valence-corrected chi connectivity index (χ0v) is 11.3. The Kier molecular flexibility index (Phi) is 3.85. The van der Waals surface area contributed by atoms with Crippen molar-refractivity contribution in [2.24, 2.45) is 0 Å². The minimum absolute atomic E-state index is 0.139. The number of hydrogen-bond donors (Lipinski definition) is 1. The number of pyridine rings is 1. The molecule has 0 spiro atoms. The number of hydrogen-bond acceptors (Lipinski definition) is 4. The normalized spacial score (nSPS) is 10.3. The topological polar surface area (TPSA) is 58.4 Å². The van der Waals surface area contributed by atoms with Crippen LogP contribution >= 0.6 is 0 Å². The van der Waals surface area contributed by atoms with Crippen LogP contribution in [0.2, 0.25) is 0 Å². The summed E-state index contributed by atoms with van der Waals surface area (Å²) >= 11 is 0. The Morgan fingerprint density at radius 2 is 2.21 bits per heavy atom. The summed E-state index contributed by atoms with van der Waals surface area (Å²) < 4.78 is 5.12. The van der Waals surface area contributed by atoms with Crippen molar-refractivity contribution in [1.82, 2.24) is 10.3 Å². The third-order valence-electron chi connectivity index (χ3n) is 2.83. The van der Waals surface area contributed by atoms with Crippen LogP contribution in [0, 0.1) is 6.92 Å². The molecule has 0 aromatic carbocycles. The van der Waals surface area contributed by atoms with Gasteiger partial charge in [0.05, 0.1) is 11.8 Å². The van der Waals surface area contributed by atoms with Crippen molar-refractivity contribution < 1.29 is 9.21 Å². The number of carbonyl (C=O) groups excluding carboxylic acids is 1. The summed E-state index contributed by atoms with van der Waals surface area (Å²) in [7, 11) is 3.85. The second kappa shape index (κ2) is 5.56. The van der Waals surface area contributed by atoms with Crippen LogP contribution in [0.5, 0.6) is 0 Å². The lowest BCUT2D eigenvalue weighted by atomic mass is 10.2. The third kappa shape index (κ3) is 2.93. The Balaban J connectivity index is 2.07. The molecular formula is C14H17N3O2. The molecule has 0 aliphatic heterocycles. The second-order valence-electron chi connectivity index (χ2n) is 4.45. The van der Waals surface area contributed by atoms with Gasteiger partial charge in [-0.15, -0.1) is 0 Å². The summed E-state index contributed by atoms with van der Waals surface area (Å²) in [5.74, 6) is 1.34. The lowest BCUT2D eigenvalue weighted by Crippen LogP contribution is -2.24. The fourth-order valence-electron chi connectivity index (χ4n) is 1.86. The molecule has 2 rings (SSSR count). The maximum atomic E-state index is 12.0.